The average molecular weight is 265 g/mol. The van der Waals surface area contributed by atoms with E-state index in [0.29, 0.717) is 12.5 Å². The van der Waals surface area contributed by atoms with Crippen molar-refractivity contribution >= 4 is 5.91 Å². The fourth-order valence-corrected chi connectivity index (χ4v) is 3.13. The number of amides is 1. The van der Waals surface area contributed by atoms with Crippen LogP contribution in [0.4, 0.5) is 0 Å². The summed E-state index contributed by atoms with van der Waals surface area (Å²) < 4.78 is 0. The van der Waals surface area contributed by atoms with Crippen LogP contribution < -0.4 is 5.73 Å². The first-order valence-electron chi connectivity index (χ1n) is 7.66. The van der Waals surface area contributed by atoms with Gasteiger partial charge in [-0.3, -0.25) is 9.69 Å². The van der Waals surface area contributed by atoms with E-state index >= 15 is 0 Å². The summed E-state index contributed by atoms with van der Waals surface area (Å²) in [6, 6.07) is 0. The van der Waals surface area contributed by atoms with E-state index in [2.05, 4.69) is 17.9 Å². The minimum absolute atomic E-state index is 0.258. The third-order valence-electron chi connectivity index (χ3n) is 4.29. The molecular formula is C15H27N3O. The Balaban J connectivity index is 1.88. The molecule has 1 heterocycles. The lowest BCUT2D eigenvalue weighted by atomic mass is 10.0. The van der Waals surface area contributed by atoms with E-state index in [1.165, 1.54) is 18.5 Å². The smallest absolute Gasteiger partial charge is 0.240 e. The van der Waals surface area contributed by atoms with Crippen LogP contribution >= 0.6 is 0 Å². The molecule has 1 saturated heterocycles. The van der Waals surface area contributed by atoms with Crippen LogP contribution in [0, 0.1) is 5.92 Å². The predicted molar refractivity (Wildman–Crippen MR) is 77.5 cm³/mol. The van der Waals surface area contributed by atoms with Crippen LogP contribution in [-0.2, 0) is 4.79 Å². The number of allylic oxidation sites excluding steroid dienone is 2. The van der Waals surface area contributed by atoms with Crippen LogP contribution in [0.15, 0.2) is 11.8 Å². The van der Waals surface area contributed by atoms with Gasteiger partial charge in [0.1, 0.15) is 0 Å². The van der Waals surface area contributed by atoms with Crippen molar-refractivity contribution in [3.63, 3.8) is 0 Å². The highest BCUT2D eigenvalue weighted by molar-refractivity contribution is 5.80. The number of likely N-dealkylation sites (N-methyl/N-ethyl adjacent to an activating group) is 1. The quantitative estimate of drug-likeness (QED) is 0.821. The van der Waals surface area contributed by atoms with Gasteiger partial charge in [-0.2, -0.15) is 0 Å². The van der Waals surface area contributed by atoms with Gasteiger partial charge in [0, 0.05) is 18.8 Å². The van der Waals surface area contributed by atoms with Gasteiger partial charge in [0.05, 0.1) is 6.54 Å². The molecule has 0 aromatic heterocycles. The molecule has 2 aliphatic rings. The third-order valence-corrected chi connectivity index (χ3v) is 4.29. The molecule has 4 heteroatoms. The highest BCUT2D eigenvalue weighted by Crippen LogP contribution is 2.22. The van der Waals surface area contributed by atoms with Crippen molar-refractivity contribution in [3.05, 3.63) is 11.8 Å². The summed E-state index contributed by atoms with van der Waals surface area (Å²) in [7, 11) is 0. The molecule has 1 fully saturated rings. The van der Waals surface area contributed by atoms with Gasteiger partial charge in [0.2, 0.25) is 5.91 Å². The average Bonchev–Trinajstić information content (AvgIpc) is 2.88. The number of nitrogens with two attached hydrogens (primary N) is 1. The lowest BCUT2D eigenvalue weighted by Crippen LogP contribution is -2.39. The predicted octanol–water partition coefficient (Wildman–Crippen LogP) is 1.57. The Morgan fingerprint density at radius 1 is 1.53 bits per heavy atom. The zero-order valence-electron chi connectivity index (χ0n) is 12.1. The van der Waals surface area contributed by atoms with E-state index in [9.17, 15) is 4.79 Å². The Morgan fingerprint density at radius 3 is 2.95 bits per heavy atom. The van der Waals surface area contributed by atoms with E-state index in [0.717, 1.165) is 45.4 Å². The molecular weight excluding hydrogens is 238 g/mol. The summed E-state index contributed by atoms with van der Waals surface area (Å²) in [5, 5.41) is 0. The first-order chi connectivity index (χ1) is 9.24. The number of carbonyl (C=O) groups is 1. The fourth-order valence-electron chi connectivity index (χ4n) is 3.13. The molecule has 1 atom stereocenters. The van der Waals surface area contributed by atoms with Crippen molar-refractivity contribution in [1.82, 2.24) is 9.80 Å². The zero-order valence-corrected chi connectivity index (χ0v) is 12.1. The minimum Gasteiger partial charge on any atom is -0.330 e. The van der Waals surface area contributed by atoms with Crippen LogP contribution in [0.25, 0.3) is 0 Å². The van der Waals surface area contributed by atoms with Crippen LogP contribution in [0.2, 0.25) is 0 Å². The molecule has 0 aromatic rings. The Bertz CT molecular complexity index is 340. The van der Waals surface area contributed by atoms with Crippen molar-refractivity contribution in [2.24, 2.45) is 11.7 Å². The number of rotatable bonds is 5. The number of hydrogen-bond donors (Lipinski definition) is 1. The second-order valence-corrected chi connectivity index (χ2v) is 5.70. The number of nitrogens with zero attached hydrogens (tertiary/aromatic N) is 2. The van der Waals surface area contributed by atoms with Gasteiger partial charge in [-0.1, -0.05) is 6.08 Å². The monoisotopic (exact) mass is 265 g/mol. The SMILES string of the molecule is CCN(C(=O)CN1CCC(CN)C1)C1=CCCCC1. The molecule has 2 N–H and O–H groups in total. The van der Waals surface area contributed by atoms with Gasteiger partial charge in [-0.15, -0.1) is 0 Å². The number of carbonyl (C=O) groups excluding carboxylic acids is 1. The molecule has 0 bridgehead atoms. The Hall–Kier alpha value is -0.870. The molecule has 108 valence electrons. The normalized spacial score (nSPS) is 24.3. The topological polar surface area (TPSA) is 49.6 Å². The van der Waals surface area contributed by atoms with Gasteiger partial charge in [0.15, 0.2) is 0 Å². The van der Waals surface area contributed by atoms with Gasteiger partial charge in [-0.05, 0) is 58.0 Å². The van der Waals surface area contributed by atoms with Crippen LogP contribution in [-0.4, -0.2) is 48.4 Å². The maximum atomic E-state index is 12.4. The van der Waals surface area contributed by atoms with E-state index in [4.69, 9.17) is 5.73 Å². The molecule has 0 radical (unpaired) electrons. The third kappa shape index (κ3) is 3.80. The molecule has 4 nitrogen and oxygen atoms in total. The Morgan fingerprint density at radius 2 is 2.37 bits per heavy atom. The summed E-state index contributed by atoms with van der Waals surface area (Å²) in [5.41, 5.74) is 6.94. The number of hydrogen-bond acceptors (Lipinski definition) is 3. The summed E-state index contributed by atoms with van der Waals surface area (Å²) in [6.07, 6.45) is 8.05. The number of likely N-dealkylation sites (tertiary alicyclic amines) is 1. The van der Waals surface area contributed by atoms with E-state index in [1.807, 2.05) is 4.90 Å². The van der Waals surface area contributed by atoms with E-state index in [1.54, 1.807) is 0 Å². The van der Waals surface area contributed by atoms with Crippen molar-refractivity contribution in [2.75, 3.05) is 32.7 Å². The first-order valence-corrected chi connectivity index (χ1v) is 7.66. The molecule has 1 aliphatic heterocycles. The van der Waals surface area contributed by atoms with E-state index in [-0.39, 0.29) is 5.91 Å². The minimum atomic E-state index is 0.258. The lowest BCUT2D eigenvalue weighted by Gasteiger charge is -2.28. The van der Waals surface area contributed by atoms with Gasteiger partial charge in [0.25, 0.3) is 0 Å². The Kier molecular flexibility index (Phi) is 5.40. The van der Waals surface area contributed by atoms with Crippen LogP contribution in [0.5, 0.6) is 0 Å². The van der Waals surface area contributed by atoms with Gasteiger partial charge in [-0.25, -0.2) is 0 Å². The van der Waals surface area contributed by atoms with Crippen molar-refractivity contribution in [1.29, 1.82) is 0 Å². The molecule has 1 amide bonds. The molecule has 0 spiro atoms. The highest BCUT2D eigenvalue weighted by atomic mass is 16.2. The van der Waals surface area contributed by atoms with Crippen molar-refractivity contribution in [3.8, 4) is 0 Å². The second kappa shape index (κ2) is 7.06. The van der Waals surface area contributed by atoms with Gasteiger partial charge < -0.3 is 10.6 Å². The first kappa shape index (κ1) is 14.5. The summed E-state index contributed by atoms with van der Waals surface area (Å²) in [4.78, 5) is 16.7. The molecule has 19 heavy (non-hydrogen) atoms. The maximum Gasteiger partial charge on any atom is 0.240 e. The summed E-state index contributed by atoms with van der Waals surface area (Å²) in [6.45, 7) is 6.16. The van der Waals surface area contributed by atoms with Crippen LogP contribution in [0.3, 0.4) is 0 Å². The lowest BCUT2D eigenvalue weighted by molar-refractivity contribution is -0.130. The second-order valence-electron chi connectivity index (χ2n) is 5.70. The van der Waals surface area contributed by atoms with Crippen LogP contribution in [0.1, 0.15) is 39.0 Å². The van der Waals surface area contributed by atoms with Crippen molar-refractivity contribution < 1.29 is 4.79 Å². The molecule has 2 rings (SSSR count). The standard InChI is InChI=1S/C15H27N3O/c1-2-18(14-6-4-3-5-7-14)15(19)12-17-9-8-13(10-16)11-17/h6,13H,2-5,7-12,16H2,1H3. The maximum absolute atomic E-state index is 12.4. The van der Waals surface area contributed by atoms with Crippen molar-refractivity contribution in [2.45, 2.75) is 39.0 Å². The largest absolute Gasteiger partial charge is 0.330 e. The molecule has 1 unspecified atom stereocenters. The van der Waals surface area contributed by atoms with Gasteiger partial charge >= 0.3 is 0 Å². The fraction of sp³-hybridized carbons (Fsp3) is 0.800. The summed E-state index contributed by atoms with van der Waals surface area (Å²) >= 11 is 0. The molecule has 0 aromatic carbocycles. The Labute approximate surface area is 116 Å². The highest BCUT2D eigenvalue weighted by Gasteiger charge is 2.25. The summed E-state index contributed by atoms with van der Waals surface area (Å²) in [5.74, 6) is 0.838. The van der Waals surface area contributed by atoms with E-state index < -0.39 is 0 Å². The zero-order chi connectivity index (χ0) is 13.7. The molecule has 0 saturated carbocycles. The molecule has 1 aliphatic carbocycles.